The molecule has 0 atom stereocenters. The van der Waals surface area contributed by atoms with Gasteiger partial charge < -0.3 is 5.73 Å². The second-order valence-electron chi connectivity index (χ2n) is 4.22. The van der Waals surface area contributed by atoms with Crippen LogP contribution in [0.5, 0.6) is 0 Å². The highest BCUT2D eigenvalue weighted by molar-refractivity contribution is 6.33. The van der Waals surface area contributed by atoms with Gasteiger partial charge in [-0.2, -0.15) is 15.2 Å². The Morgan fingerprint density at radius 1 is 1.22 bits per heavy atom. The fraction of sp³-hybridized carbons (Fsp3) is 0.235. The number of azo groups is 1. The van der Waals surface area contributed by atoms with E-state index in [0.717, 1.165) is 0 Å². The van der Waals surface area contributed by atoms with E-state index in [0.29, 0.717) is 16.4 Å². The molecule has 124 valence electrons. The van der Waals surface area contributed by atoms with Crippen LogP contribution in [0.4, 0.5) is 11.4 Å². The number of nitrogen functional groups attached to an aromatic ring is 1. The van der Waals surface area contributed by atoms with Gasteiger partial charge in [0, 0.05) is 6.20 Å². The molecular formula is C17H25ClN5+. The number of benzene rings is 1. The highest BCUT2D eigenvalue weighted by atomic mass is 35.5. The van der Waals surface area contributed by atoms with Crippen molar-refractivity contribution in [2.45, 2.75) is 13.8 Å². The van der Waals surface area contributed by atoms with Crippen LogP contribution in [0, 0.1) is 0 Å². The van der Waals surface area contributed by atoms with Crippen molar-refractivity contribution in [3.8, 4) is 0 Å². The number of hydrogen-bond acceptors (Lipinski definition) is 4. The van der Waals surface area contributed by atoms with E-state index in [1.54, 1.807) is 35.2 Å². The molecule has 0 saturated heterocycles. The Morgan fingerprint density at radius 3 is 2.48 bits per heavy atom. The lowest BCUT2D eigenvalue weighted by Gasteiger charge is -2.03. The van der Waals surface area contributed by atoms with Gasteiger partial charge in [0.15, 0.2) is 13.8 Å². The van der Waals surface area contributed by atoms with Crippen molar-refractivity contribution in [3.05, 3.63) is 59.9 Å². The minimum atomic E-state index is 0.472. The smallest absolute Gasteiger partial charge is 0.161 e. The van der Waals surface area contributed by atoms with E-state index < -0.39 is 0 Å². The standard InChI is InChI=1S/C15H19ClN5.C2H6/c1-20(2)21(3)11-7-5-4-6-10-18-19-13-8-9-15(17)14(16)12-13;1-2/h4-12H,1,17H2,2-3H3;1-2H3/q+1;/b5-4-,10-6+,11-7+,19-18?;. The molecule has 6 heteroatoms. The molecule has 0 aliphatic carbocycles. The van der Waals surface area contributed by atoms with Crippen LogP contribution in [0.1, 0.15) is 13.8 Å². The Labute approximate surface area is 143 Å². The molecule has 0 bridgehead atoms. The Hall–Kier alpha value is -2.40. The van der Waals surface area contributed by atoms with Gasteiger partial charge >= 0.3 is 0 Å². The van der Waals surface area contributed by atoms with Crippen molar-refractivity contribution in [3.63, 3.8) is 0 Å². The fourth-order valence-corrected chi connectivity index (χ4v) is 1.36. The molecule has 0 amide bonds. The summed E-state index contributed by atoms with van der Waals surface area (Å²) in [6.45, 7) is 7.74. The molecule has 1 aromatic rings. The Balaban J connectivity index is 0.00000232. The van der Waals surface area contributed by atoms with Crippen LogP contribution in [-0.4, -0.2) is 30.5 Å². The molecular weight excluding hydrogens is 310 g/mol. The number of hydrazone groups is 1. The van der Waals surface area contributed by atoms with Gasteiger partial charge in [-0.05, 0) is 30.4 Å². The molecule has 0 unspecified atom stereocenters. The average molecular weight is 335 g/mol. The third kappa shape index (κ3) is 9.26. The molecule has 1 rings (SSSR count). The number of anilines is 1. The molecule has 0 fully saturated rings. The molecule has 23 heavy (non-hydrogen) atoms. The number of nitrogens with two attached hydrogens (primary N) is 1. The number of nitrogens with zero attached hydrogens (tertiary/aromatic N) is 4. The van der Waals surface area contributed by atoms with Crippen LogP contribution in [-0.2, 0) is 0 Å². The molecule has 0 saturated carbocycles. The number of halogens is 1. The highest BCUT2D eigenvalue weighted by Gasteiger charge is 1.96. The normalized spacial score (nSPS) is 11.3. The van der Waals surface area contributed by atoms with Crippen molar-refractivity contribution < 1.29 is 4.68 Å². The molecule has 2 N–H and O–H groups in total. The maximum Gasteiger partial charge on any atom is 0.161 e. The second-order valence-corrected chi connectivity index (χ2v) is 4.63. The quantitative estimate of drug-likeness (QED) is 0.203. The number of allylic oxidation sites excluding steroid dienone is 4. The minimum Gasteiger partial charge on any atom is -0.398 e. The lowest BCUT2D eigenvalue weighted by atomic mass is 10.3. The third-order valence-electron chi connectivity index (χ3n) is 2.48. The number of rotatable bonds is 6. The van der Waals surface area contributed by atoms with Crippen LogP contribution >= 0.6 is 11.6 Å². The van der Waals surface area contributed by atoms with Crippen molar-refractivity contribution in [1.82, 2.24) is 5.01 Å². The summed E-state index contributed by atoms with van der Waals surface area (Å²) in [6.07, 6.45) is 10.9. The summed E-state index contributed by atoms with van der Waals surface area (Å²) in [4.78, 5) is 0. The van der Waals surface area contributed by atoms with Gasteiger partial charge in [-0.1, -0.05) is 37.6 Å². The first-order valence-electron chi connectivity index (χ1n) is 7.23. The zero-order chi connectivity index (χ0) is 17.7. The predicted octanol–water partition coefficient (Wildman–Crippen LogP) is 4.81. The summed E-state index contributed by atoms with van der Waals surface area (Å²) < 4.78 is 1.71. The van der Waals surface area contributed by atoms with Gasteiger partial charge in [0.1, 0.15) is 0 Å². The number of hydrazine groups is 1. The van der Waals surface area contributed by atoms with Crippen molar-refractivity contribution in [2.75, 3.05) is 19.8 Å². The Kier molecular flexibility index (Phi) is 10.9. The van der Waals surface area contributed by atoms with Crippen molar-refractivity contribution in [1.29, 1.82) is 0 Å². The van der Waals surface area contributed by atoms with Crippen molar-refractivity contribution >= 4 is 29.7 Å². The van der Waals surface area contributed by atoms with Crippen LogP contribution in [0.2, 0.25) is 5.02 Å². The summed E-state index contributed by atoms with van der Waals surface area (Å²) in [5.41, 5.74) is 6.79. The molecule has 5 nitrogen and oxygen atoms in total. The van der Waals surface area contributed by atoms with Gasteiger partial charge in [-0.3, -0.25) is 0 Å². The largest absolute Gasteiger partial charge is 0.398 e. The van der Waals surface area contributed by atoms with Gasteiger partial charge in [0.25, 0.3) is 0 Å². The summed E-state index contributed by atoms with van der Waals surface area (Å²) in [5.74, 6) is 0. The van der Waals surface area contributed by atoms with Gasteiger partial charge in [0.2, 0.25) is 0 Å². The Bertz CT molecular complexity index is 603. The maximum atomic E-state index is 5.88. The lowest BCUT2D eigenvalue weighted by Crippen LogP contribution is -2.20. The first-order chi connectivity index (χ1) is 11.0. The lowest BCUT2D eigenvalue weighted by molar-refractivity contribution is -0.639. The molecule has 0 aliphatic rings. The van der Waals surface area contributed by atoms with E-state index >= 15 is 0 Å². The van der Waals surface area contributed by atoms with Gasteiger partial charge in [-0.15, -0.1) is 4.68 Å². The van der Waals surface area contributed by atoms with Crippen molar-refractivity contribution in [2.24, 2.45) is 10.2 Å². The predicted molar refractivity (Wildman–Crippen MR) is 100 cm³/mol. The second kappa shape index (κ2) is 12.2. The highest BCUT2D eigenvalue weighted by Crippen LogP contribution is 2.24. The summed E-state index contributed by atoms with van der Waals surface area (Å²) in [5, 5.41) is 10.2. The van der Waals surface area contributed by atoms with Crippen LogP contribution in [0.3, 0.4) is 0 Å². The van der Waals surface area contributed by atoms with Crippen LogP contribution in [0.15, 0.2) is 65.1 Å². The van der Waals surface area contributed by atoms with Crippen LogP contribution in [0.25, 0.3) is 0 Å². The van der Waals surface area contributed by atoms with E-state index in [1.165, 1.54) is 0 Å². The Morgan fingerprint density at radius 2 is 1.87 bits per heavy atom. The number of hydrogen-bond donors (Lipinski definition) is 1. The monoisotopic (exact) mass is 334 g/mol. The fourth-order valence-electron chi connectivity index (χ4n) is 1.18. The van der Waals surface area contributed by atoms with E-state index in [1.807, 2.05) is 57.4 Å². The minimum absolute atomic E-state index is 0.472. The van der Waals surface area contributed by atoms with Gasteiger partial charge in [-0.25, -0.2) is 0 Å². The topological polar surface area (TPSA) is 57.0 Å². The average Bonchev–Trinajstić information content (AvgIpc) is 2.54. The molecule has 0 aliphatic heterocycles. The van der Waals surface area contributed by atoms with Crippen LogP contribution < -0.4 is 5.73 Å². The first-order valence-corrected chi connectivity index (χ1v) is 7.61. The molecule has 0 radical (unpaired) electrons. The molecule has 0 spiro atoms. The van der Waals surface area contributed by atoms with E-state index in [2.05, 4.69) is 16.9 Å². The molecule has 0 aromatic heterocycles. The van der Waals surface area contributed by atoms with Gasteiger partial charge in [0.05, 0.1) is 29.6 Å². The molecule has 1 aromatic carbocycles. The van der Waals surface area contributed by atoms with E-state index in [-0.39, 0.29) is 0 Å². The summed E-state index contributed by atoms with van der Waals surface area (Å²) >= 11 is 5.88. The van der Waals surface area contributed by atoms with E-state index in [9.17, 15) is 0 Å². The SMILES string of the molecule is C=[N+](C)N(C)/C=C/C=C\C=C\N=Nc1ccc(N)c(Cl)c1.CC. The summed E-state index contributed by atoms with van der Waals surface area (Å²) in [6, 6.07) is 5.11. The summed E-state index contributed by atoms with van der Waals surface area (Å²) in [7, 11) is 3.76. The maximum absolute atomic E-state index is 5.88. The zero-order valence-electron chi connectivity index (χ0n) is 14.1. The zero-order valence-corrected chi connectivity index (χ0v) is 14.9. The third-order valence-corrected chi connectivity index (χ3v) is 2.81. The van der Waals surface area contributed by atoms with E-state index in [4.69, 9.17) is 17.3 Å². The molecule has 0 heterocycles. The first kappa shape index (κ1) is 20.6.